The van der Waals surface area contributed by atoms with E-state index < -0.39 is 16.3 Å². The molecular weight excluding hydrogens is 348 g/mol. The molecule has 1 aromatic carbocycles. The number of amides is 1. The second kappa shape index (κ2) is 7.30. The largest absolute Gasteiger partial charge is 0.334 e. The van der Waals surface area contributed by atoms with Crippen molar-refractivity contribution in [2.75, 3.05) is 6.54 Å². The van der Waals surface area contributed by atoms with Gasteiger partial charge in [-0.2, -0.15) is 5.10 Å². The third kappa shape index (κ3) is 3.89. The van der Waals surface area contributed by atoms with Gasteiger partial charge in [-0.3, -0.25) is 19.7 Å². The smallest absolute Gasteiger partial charge is 0.294 e. The topological polar surface area (TPSA) is 98.3 Å². The second-order valence-corrected chi connectivity index (χ2v) is 7.24. The van der Waals surface area contributed by atoms with E-state index in [0.29, 0.717) is 12.2 Å². The Labute approximate surface area is 156 Å². The molecule has 142 valence electrons. The summed E-state index contributed by atoms with van der Waals surface area (Å²) in [5.41, 5.74) is -0.173. The Morgan fingerprint density at radius 3 is 2.63 bits per heavy atom. The number of nitro benzene ring substituents is 1. The van der Waals surface area contributed by atoms with Gasteiger partial charge >= 0.3 is 0 Å². The first-order valence-electron chi connectivity index (χ1n) is 8.95. The summed E-state index contributed by atoms with van der Waals surface area (Å²) in [5, 5.41) is 15.6. The lowest BCUT2D eigenvalue weighted by Crippen LogP contribution is -2.40. The molecule has 0 saturated heterocycles. The Hall–Kier alpha value is -3.03. The number of para-hydroxylation sites is 2. The number of hydrogen-bond acceptors (Lipinski definition) is 5. The molecule has 0 bridgehead atoms. The number of aryl methyl sites for hydroxylation is 1. The number of carbonyl (C=O) groups excluding carboxylic acids is 1. The summed E-state index contributed by atoms with van der Waals surface area (Å²) in [6.07, 6.45) is 1.84. The van der Waals surface area contributed by atoms with E-state index in [-0.39, 0.29) is 29.0 Å². The minimum absolute atomic E-state index is 0.141. The van der Waals surface area contributed by atoms with Gasteiger partial charge in [0.25, 0.3) is 11.6 Å². The molecule has 0 atom stereocenters. The lowest BCUT2D eigenvalue weighted by molar-refractivity contribution is -0.384. The monoisotopic (exact) mass is 370 g/mol. The fourth-order valence-electron chi connectivity index (χ4n) is 3.05. The molecule has 1 amide bonds. The van der Waals surface area contributed by atoms with E-state index in [4.69, 9.17) is 0 Å². The van der Waals surface area contributed by atoms with E-state index in [2.05, 4.69) is 5.10 Å². The SMILES string of the molecule is Cc1cc(=O)c(C(=O)N(CC(C)C)C2CC2)nn1-c1ccccc1[N+](=O)[O-]. The number of aromatic nitrogens is 2. The maximum Gasteiger partial charge on any atom is 0.294 e. The van der Waals surface area contributed by atoms with Gasteiger partial charge in [0.05, 0.1) is 4.92 Å². The number of carbonyl (C=O) groups is 1. The molecule has 27 heavy (non-hydrogen) atoms. The normalized spacial score (nSPS) is 13.6. The molecule has 1 heterocycles. The van der Waals surface area contributed by atoms with E-state index in [1.165, 1.54) is 16.8 Å². The zero-order valence-electron chi connectivity index (χ0n) is 15.6. The van der Waals surface area contributed by atoms with Gasteiger partial charge in [0, 0.05) is 30.4 Å². The first kappa shape index (κ1) is 18.8. The van der Waals surface area contributed by atoms with Crippen molar-refractivity contribution in [3.8, 4) is 5.69 Å². The molecule has 8 nitrogen and oxygen atoms in total. The Morgan fingerprint density at radius 1 is 1.37 bits per heavy atom. The van der Waals surface area contributed by atoms with Crippen molar-refractivity contribution in [2.45, 2.75) is 39.7 Å². The summed E-state index contributed by atoms with van der Waals surface area (Å²) in [4.78, 5) is 38.0. The molecule has 0 N–H and O–H groups in total. The molecule has 3 rings (SSSR count). The van der Waals surface area contributed by atoms with E-state index in [9.17, 15) is 19.7 Å². The van der Waals surface area contributed by atoms with Crippen molar-refractivity contribution < 1.29 is 9.72 Å². The quantitative estimate of drug-likeness (QED) is 0.575. The maximum atomic E-state index is 13.0. The van der Waals surface area contributed by atoms with E-state index in [0.717, 1.165) is 12.8 Å². The highest BCUT2D eigenvalue weighted by atomic mass is 16.6. The summed E-state index contributed by atoms with van der Waals surface area (Å²) < 4.78 is 1.30. The zero-order valence-corrected chi connectivity index (χ0v) is 15.6. The van der Waals surface area contributed by atoms with Crippen molar-refractivity contribution in [2.24, 2.45) is 5.92 Å². The van der Waals surface area contributed by atoms with Crippen LogP contribution in [-0.2, 0) is 0 Å². The molecule has 1 aliphatic rings. The summed E-state index contributed by atoms with van der Waals surface area (Å²) in [6.45, 7) is 6.20. The summed E-state index contributed by atoms with van der Waals surface area (Å²) in [6, 6.07) is 7.56. The van der Waals surface area contributed by atoms with Crippen LogP contribution >= 0.6 is 0 Å². The highest BCUT2D eigenvalue weighted by Gasteiger charge is 2.35. The predicted octanol–water partition coefficient (Wildman–Crippen LogP) is 2.71. The number of nitro groups is 1. The van der Waals surface area contributed by atoms with Gasteiger partial charge in [0.1, 0.15) is 5.69 Å². The van der Waals surface area contributed by atoms with Crippen LogP contribution in [0.15, 0.2) is 35.1 Å². The van der Waals surface area contributed by atoms with Crippen molar-refractivity contribution in [3.05, 3.63) is 62.1 Å². The Bertz CT molecular complexity index is 947. The standard InChI is InChI=1S/C19H22N4O4/c1-12(2)11-21(14-8-9-14)19(25)18-17(24)10-13(3)22(20-18)15-6-4-5-7-16(15)23(26)27/h4-7,10,12,14H,8-9,11H2,1-3H3. The van der Waals surface area contributed by atoms with Crippen molar-refractivity contribution >= 4 is 11.6 Å². The first-order chi connectivity index (χ1) is 12.8. The molecule has 0 aliphatic heterocycles. The van der Waals surface area contributed by atoms with Crippen LogP contribution in [0.5, 0.6) is 0 Å². The Morgan fingerprint density at radius 2 is 2.04 bits per heavy atom. The molecule has 1 aromatic heterocycles. The average molecular weight is 370 g/mol. The average Bonchev–Trinajstić information content (AvgIpc) is 3.44. The van der Waals surface area contributed by atoms with Gasteiger partial charge in [0.15, 0.2) is 5.69 Å². The van der Waals surface area contributed by atoms with Crippen molar-refractivity contribution in [3.63, 3.8) is 0 Å². The number of benzene rings is 1. The van der Waals surface area contributed by atoms with Crippen LogP contribution in [-0.4, -0.2) is 38.1 Å². The fraction of sp³-hybridized carbons (Fsp3) is 0.421. The van der Waals surface area contributed by atoms with Crippen LogP contribution in [0, 0.1) is 23.0 Å². The Balaban J connectivity index is 2.09. The van der Waals surface area contributed by atoms with Crippen molar-refractivity contribution in [1.29, 1.82) is 0 Å². The van der Waals surface area contributed by atoms with Crippen molar-refractivity contribution in [1.82, 2.24) is 14.7 Å². The van der Waals surface area contributed by atoms with Crippen LogP contribution in [0.2, 0.25) is 0 Å². The number of rotatable bonds is 6. The summed E-state index contributed by atoms with van der Waals surface area (Å²) in [7, 11) is 0. The van der Waals surface area contributed by atoms with E-state index in [1.54, 1.807) is 30.0 Å². The molecule has 1 saturated carbocycles. The molecule has 0 unspecified atom stereocenters. The van der Waals surface area contributed by atoms with Crippen LogP contribution in [0.4, 0.5) is 5.69 Å². The molecule has 0 radical (unpaired) electrons. The summed E-state index contributed by atoms with van der Waals surface area (Å²) in [5.74, 6) is -0.152. The molecular formula is C19H22N4O4. The highest BCUT2D eigenvalue weighted by molar-refractivity contribution is 5.92. The van der Waals surface area contributed by atoms with E-state index >= 15 is 0 Å². The second-order valence-electron chi connectivity index (χ2n) is 7.24. The lowest BCUT2D eigenvalue weighted by Gasteiger charge is -2.24. The van der Waals surface area contributed by atoms with Gasteiger partial charge in [0.2, 0.25) is 5.43 Å². The van der Waals surface area contributed by atoms with Crippen LogP contribution in [0.1, 0.15) is 42.9 Å². The lowest BCUT2D eigenvalue weighted by atomic mass is 10.2. The third-order valence-electron chi connectivity index (χ3n) is 4.43. The fourth-order valence-corrected chi connectivity index (χ4v) is 3.05. The van der Waals surface area contributed by atoms with E-state index in [1.807, 2.05) is 13.8 Å². The molecule has 2 aromatic rings. The highest BCUT2D eigenvalue weighted by Crippen LogP contribution is 2.29. The van der Waals surface area contributed by atoms with Gasteiger partial charge in [-0.05, 0) is 31.7 Å². The van der Waals surface area contributed by atoms with Gasteiger partial charge in [-0.25, -0.2) is 4.68 Å². The van der Waals surface area contributed by atoms with Gasteiger partial charge in [-0.15, -0.1) is 0 Å². The minimum atomic E-state index is -0.509. The molecule has 1 fully saturated rings. The first-order valence-corrected chi connectivity index (χ1v) is 8.95. The van der Waals surface area contributed by atoms with Crippen LogP contribution in [0.25, 0.3) is 5.69 Å². The van der Waals surface area contributed by atoms with Gasteiger partial charge in [-0.1, -0.05) is 26.0 Å². The zero-order chi connectivity index (χ0) is 19.7. The number of nitrogens with zero attached hydrogens (tertiary/aromatic N) is 4. The molecule has 8 heteroatoms. The predicted molar refractivity (Wildman–Crippen MR) is 100 cm³/mol. The number of hydrogen-bond donors (Lipinski definition) is 0. The molecule has 1 aliphatic carbocycles. The maximum absolute atomic E-state index is 13.0. The molecule has 0 spiro atoms. The summed E-state index contributed by atoms with van der Waals surface area (Å²) >= 11 is 0. The third-order valence-corrected chi connectivity index (χ3v) is 4.43. The van der Waals surface area contributed by atoms with Crippen LogP contribution in [0.3, 0.4) is 0 Å². The minimum Gasteiger partial charge on any atom is -0.334 e. The Kier molecular flexibility index (Phi) is 5.07. The van der Waals surface area contributed by atoms with Gasteiger partial charge < -0.3 is 4.90 Å². The van der Waals surface area contributed by atoms with Crippen LogP contribution < -0.4 is 5.43 Å².